The van der Waals surface area contributed by atoms with Crippen molar-refractivity contribution in [3.63, 3.8) is 0 Å². The van der Waals surface area contributed by atoms with E-state index in [1.807, 2.05) is 24.3 Å². The van der Waals surface area contributed by atoms with Crippen LogP contribution in [0.25, 0.3) is 22.7 Å². The van der Waals surface area contributed by atoms with Gasteiger partial charge in [0.2, 0.25) is 0 Å². The normalized spacial score (nSPS) is 16.3. The number of hydrogen-bond donors (Lipinski definition) is 0. The van der Waals surface area contributed by atoms with E-state index in [1.54, 1.807) is 24.5 Å². The fourth-order valence-corrected chi connectivity index (χ4v) is 2.50. The molecule has 0 bridgehead atoms. The minimum Gasteiger partial charge on any atom is -0.289 e. The highest BCUT2D eigenvalue weighted by Crippen LogP contribution is 2.20. The Hall–Kier alpha value is -2.55. The highest BCUT2D eigenvalue weighted by molar-refractivity contribution is 6.30. The SMILES string of the molecule is O=C1C=CC=C2C=c3c(cnc4cccnc34)=C12. The van der Waals surface area contributed by atoms with E-state index in [0.29, 0.717) is 0 Å². The lowest BCUT2D eigenvalue weighted by molar-refractivity contribution is -0.109. The number of nitrogens with zero attached hydrogens (tertiary/aromatic N) is 2. The van der Waals surface area contributed by atoms with E-state index in [-0.39, 0.29) is 5.78 Å². The van der Waals surface area contributed by atoms with E-state index in [1.165, 1.54) is 0 Å². The van der Waals surface area contributed by atoms with Crippen molar-refractivity contribution < 1.29 is 4.79 Å². The van der Waals surface area contributed by atoms with E-state index in [2.05, 4.69) is 9.97 Å². The first-order chi connectivity index (χ1) is 8.84. The molecule has 3 heteroatoms. The third kappa shape index (κ3) is 1.10. The molecule has 4 rings (SSSR count). The number of pyridine rings is 2. The van der Waals surface area contributed by atoms with Gasteiger partial charge >= 0.3 is 0 Å². The molecule has 2 aromatic rings. The summed E-state index contributed by atoms with van der Waals surface area (Å²) in [5.74, 6) is 0.0413. The zero-order valence-electron chi connectivity index (χ0n) is 9.42. The molecule has 0 atom stereocenters. The number of hydrogen-bond acceptors (Lipinski definition) is 3. The molecule has 2 aromatic heterocycles. The summed E-state index contributed by atoms with van der Waals surface area (Å²) in [7, 11) is 0. The van der Waals surface area contributed by atoms with Crippen molar-refractivity contribution >= 4 is 28.5 Å². The molecule has 2 aliphatic rings. The lowest BCUT2D eigenvalue weighted by Crippen LogP contribution is -2.27. The number of fused-ring (bicyclic) bond motifs is 4. The summed E-state index contributed by atoms with van der Waals surface area (Å²) < 4.78 is 0. The van der Waals surface area contributed by atoms with Crippen molar-refractivity contribution in [2.45, 2.75) is 0 Å². The van der Waals surface area contributed by atoms with Crippen LogP contribution in [0.15, 0.2) is 48.3 Å². The monoisotopic (exact) mass is 232 g/mol. The van der Waals surface area contributed by atoms with Crippen LogP contribution < -0.4 is 10.4 Å². The standard InChI is InChI=1S/C15H8N2O/c18-13-5-1-3-9-7-10-11(14(9)13)8-17-12-4-2-6-16-15(10)12/h1-8H. The van der Waals surface area contributed by atoms with Crippen LogP contribution in [0.5, 0.6) is 0 Å². The summed E-state index contributed by atoms with van der Waals surface area (Å²) in [6.45, 7) is 0. The second-order valence-corrected chi connectivity index (χ2v) is 4.32. The van der Waals surface area contributed by atoms with Crippen LogP contribution in [0.2, 0.25) is 0 Å². The molecule has 84 valence electrons. The van der Waals surface area contributed by atoms with Crippen LogP contribution in [-0.2, 0) is 4.79 Å². The molecule has 0 spiro atoms. The molecular formula is C15H8N2O. The van der Waals surface area contributed by atoms with Crippen LogP contribution in [-0.4, -0.2) is 15.8 Å². The maximum Gasteiger partial charge on any atom is 0.187 e. The second kappa shape index (κ2) is 3.23. The molecule has 2 aliphatic carbocycles. The average Bonchev–Trinajstić information content (AvgIpc) is 2.79. The van der Waals surface area contributed by atoms with Crippen molar-refractivity contribution in [1.82, 2.24) is 9.97 Å². The number of rotatable bonds is 0. The Morgan fingerprint density at radius 2 is 2.11 bits per heavy atom. The molecule has 0 amide bonds. The van der Waals surface area contributed by atoms with Gasteiger partial charge in [-0.05, 0) is 29.9 Å². The van der Waals surface area contributed by atoms with Gasteiger partial charge in [0.05, 0.1) is 11.0 Å². The van der Waals surface area contributed by atoms with Crippen LogP contribution >= 0.6 is 0 Å². The molecule has 2 heterocycles. The van der Waals surface area contributed by atoms with E-state index >= 15 is 0 Å². The molecule has 0 saturated carbocycles. The van der Waals surface area contributed by atoms with Crippen LogP contribution in [0.1, 0.15) is 0 Å². The van der Waals surface area contributed by atoms with Crippen molar-refractivity contribution in [2.75, 3.05) is 0 Å². The Balaban J connectivity index is 2.27. The fraction of sp³-hybridized carbons (Fsp3) is 0. The van der Waals surface area contributed by atoms with Crippen molar-refractivity contribution in [3.05, 3.63) is 58.8 Å². The second-order valence-electron chi connectivity index (χ2n) is 4.32. The Bertz CT molecular complexity index is 888. The smallest absolute Gasteiger partial charge is 0.187 e. The Morgan fingerprint density at radius 1 is 1.17 bits per heavy atom. The first kappa shape index (κ1) is 9.48. The highest BCUT2D eigenvalue weighted by Gasteiger charge is 2.20. The molecular weight excluding hydrogens is 224 g/mol. The summed E-state index contributed by atoms with van der Waals surface area (Å²) in [5, 5.41) is 1.89. The van der Waals surface area contributed by atoms with Crippen LogP contribution in [0.3, 0.4) is 0 Å². The summed E-state index contributed by atoms with van der Waals surface area (Å²) >= 11 is 0. The number of allylic oxidation sites excluding steroid dienone is 4. The zero-order chi connectivity index (χ0) is 12.1. The van der Waals surface area contributed by atoms with Gasteiger partial charge in [-0.15, -0.1) is 0 Å². The quantitative estimate of drug-likeness (QED) is 0.669. The minimum atomic E-state index is 0.0413. The maximum absolute atomic E-state index is 11.9. The van der Waals surface area contributed by atoms with Crippen molar-refractivity contribution in [2.24, 2.45) is 0 Å². The average molecular weight is 232 g/mol. The summed E-state index contributed by atoms with van der Waals surface area (Å²) in [5.41, 5.74) is 3.41. The van der Waals surface area contributed by atoms with Gasteiger partial charge in [0.1, 0.15) is 0 Å². The van der Waals surface area contributed by atoms with Gasteiger partial charge in [-0.1, -0.05) is 12.2 Å². The maximum atomic E-state index is 11.9. The van der Waals surface area contributed by atoms with Crippen LogP contribution in [0.4, 0.5) is 0 Å². The van der Waals surface area contributed by atoms with Gasteiger partial charge in [-0.25, -0.2) is 0 Å². The van der Waals surface area contributed by atoms with Gasteiger partial charge < -0.3 is 0 Å². The van der Waals surface area contributed by atoms with Crippen molar-refractivity contribution in [3.8, 4) is 0 Å². The predicted octanol–water partition coefficient (Wildman–Crippen LogP) is 0.640. The van der Waals surface area contributed by atoms with Gasteiger partial charge in [0.25, 0.3) is 0 Å². The number of carbonyl (C=O) groups excluding carboxylic acids is 1. The lowest BCUT2D eigenvalue weighted by Gasteiger charge is -2.03. The highest BCUT2D eigenvalue weighted by atomic mass is 16.1. The summed E-state index contributed by atoms with van der Waals surface area (Å²) in [6, 6.07) is 3.79. The Kier molecular flexibility index (Phi) is 1.70. The number of aromatic nitrogens is 2. The fourth-order valence-electron chi connectivity index (χ4n) is 2.50. The molecule has 18 heavy (non-hydrogen) atoms. The third-order valence-electron chi connectivity index (χ3n) is 3.29. The number of carbonyl (C=O) groups is 1. The van der Waals surface area contributed by atoms with Gasteiger partial charge in [0, 0.05) is 28.4 Å². The van der Waals surface area contributed by atoms with E-state index < -0.39 is 0 Å². The Labute approximate surface area is 102 Å². The Morgan fingerprint density at radius 3 is 3.06 bits per heavy atom. The first-order valence-electron chi connectivity index (χ1n) is 5.73. The molecule has 0 radical (unpaired) electrons. The van der Waals surface area contributed by atoms with Gasteiger partial charge in [0.15, 0.2) is 5.78 Å². The molecule has 3 nitrogen and oxygen atoms in total. The van der Waals surface area contributed by atoms with Crippen molar-refractivity contribution in [1.29, 1.82) is 0 Å². The van der Waals surface area contributed by atoms with Gasteiger partial charge in [-0.2, -0.15) is 0 Å². The molecule has 0 fully saturated rings. The first-order valence-corrected chi connectivity index (χ1v) is 5.73. The molecule has 0 N–H and O–H groups in total. The van der Waals surface area contributed by atoms with Crippen LogP contribution in [0, 0.1) is 0 Å². The molecule has 0 aliphatic heterocycles. The zero-order valence-corrected chi connectivity index (χ0v) is 9.42. The number of ketones is 1. The molecule has 0 unspecified atom stereocenters. The van der Waals surface area contributed by atoms with E-state index in [9.17, 15) is 4.79 Å². The topological polar surface area (TPSA) is 42.9 Å². The lowest BCUT2D eigenvalue weighted by atomic mass is 9.99. The molecule has 0 aromatic carbocycles. The van der Waals surface area contributed by atoms with E-state index in [4.69, 9.17) is 0 Å². The third-order valence-corrected chi connectivity index (χ3v) is 3.29. The van der Waals surface area contributed by atoms with Gasteiger partial charge in [-0.3, -0.25) is 14.8 Å². The van der Waals surface area contributed by atoms with E-state index in [0.717, 1.165) is 32.6 Å². The summed E-state index contributed by atoms with van der Waals surface area (Å²) in [6.07, 6.45) is 10.9. The largest absolute Gasteiger partial charge is 0.289 e. The molecule has 0 saturated heterocycles. The predicted molar refractivity (Wildman–Crippen MR) is 68.9 cm³/mol. The minimum absolute atomic E-state index is 0.0413. The summed E-state index contributed by atoms with van der Waals surface area (Å²) in [4.78, 5) is 20.7.